The van der Waals surface area contributed by atoms with Gasteiger partial charge in [0.05, 0.1) is 5.25 Å². The van der Waals surface area contributed by atoms with Crippen LogP contribution in [-0.4, -0.2) is 38.7 Å². The number of benzene rings is 1. The number of imide groups is 1. The summed E-state index contributed by atoms with van der Waals surface area (Å²) in [6, 6.07) is 4.70. The van der Waals surface area contributed by atoms with Crippen molar-refractivity contribution in [3.8, 4) is 17.1 Å². The molecule has 5 N–H and O–H groups in total. The first-order valence-corrected chi connectivity index (χ1v) is 7.68. The lowest BCUT2D eigenvalue weighted by molar-refractivity contribution is -0.119. The molecule has 0 aliphatic rings. The molecule has 0 fully saturated rings. The molecule has 3 amide bonds. The average Bonchev–Trinajstić information content (AvgIpc) is 2.88. The second kappa shape index (κ2) is 7.79. The van der Waals surface area contributed by atoms with E-state index in [9.17, 15) is 18.4 Å². The maximum atomic E-state index is 12.1. The van der Waals surface area contributed by atoms with Gasteiger partial charge in [-0.15, -0.1) is 10.2 Å². The van der Waals surface area contributed by atoms with E-state index in [2.05, 4.69) is 14.9 Å². The van der Waals surface area contributed by atoms with Gasteiger partial charge in [-0.3, -0.25) is 10.1 Å². The van der Waals surface area contributed by atoms with Crippen molar-refractivity contribution < 1.29 is 23.1 Å². The average molecular weight is 372 g/mol. The van der Waals surface area contributed by atoms with Crippen LogP contribution in [0.3, 0.4) is 0 Å². The highest BCUT2D eigenvalue weighted by Crippen LogP contribution is 2.26. The van der Waals surface area contributed by atoms with Gasteiger partial charge in [0.1, 0.15) is 5.75 Å². The Bertz CT molecular complexity index is 768. The predicted octanol–water partition coefficient (Wildman–Crippen LogP) is 0.936. The van der Waals surface area contributed by atoms with E-state index in [1.807, 2.05) is 5.32 Å². The fourth-order valence-corrected chi connectivity index (χ4v) is 2.54. The molecular weight excluding hydrogens is 358 g/mol. The van der Waals surface area contributed by atoms with E-state index in [0.29, 0.717) is 5.56 Å². The Kier molecular flexibility index (Phi) is 5.75. The van der Waals surface area contributed by atoms with E-state index in [0.717, 1.165) is 16.4 Å². The lowest BCUT2D eigenvalue weighted by atomic mass is 10.2. The first-order valence-electron chi connectivity index (χ1n) is 6.80. The van der Waals surface area contributed by atoms with Crippen molar-refractivity contribution in [2.75, 3.05) is 5.84 Å². The Morgan fingerprint density at radius 3 is 2.48 bits per heavy atom. The molecular formula is C13H14F2N6O3S. The Labute approximate surface area is 144 Å². The van der Waals surface area contributed by atoms with Gasteiger partial charge in [0, 0.05) is 5.56 Å². The second-order valence-electron chi connectivity index (χ2n) is 4.69. The number of nitrogens with two attached hydrogens (primary N) is 2. The highest BCUT2D eigenvalue weighted by atomic mass is 32.2. The lowest BCUT2D eigenvalue weighted by Crippen LogP contribution is -2.39. The van der Waals surface area contributed by atoms with Crippen molar-refractivity contribution >= 4 is 23.7 Å². The molecule has 0 unspecified atom stereocenters. The molecule has 0 bridgehead atoms. The number of hydrogen-bond acceptors (Lipinski definition) is 7. The number of nitrogen functional groups attached to an aromatic ring is 1. The van der Waals surface area contributed by atoms with Gasteiger partial charge in [-0.25, -0.2) is 9.47 Å². The van der Waals surface area contributed by atoms with E-state index < -0.39 is 23.8 Å². The number of thioether (sulfide) groups is 1. The summed E-state index contributed by atoms with van der Waals surface area (Å²) in [5.41, 5.74) is 5.39. The summed E-state index contributed by atoms with van der Waals surface area (Å²) in [5, 5.41) is 9.24. The van der Waals surface area contributed by atoms with Crippen LogP contribution in [0.1, 0.15) is 6.92 Å². The van der Waals surface area contributed by atoms with Gasteiger partial charge < -0.3 is 16.3 Å². The zero-order valence-corrected chi connectivity index (χ0v) is 13.7. The third-order valence-corrected chi connectivity index (χ3v) is 3.96. The van der Waals surface area contributed by atoms with E-state index in [1.165, 1.54) is 31.2 Å². The second-order valence-corrected chi connectivity index (χ2v) is 6.00. The molecule has 12 heteroatoms. The molecule has 25 heavy (non-hydrogen) atoms. The van der Waals surface area contributed by atoms with Crippen LogP contribution in [-0.2, 0) is 4.79 Å². The van der Waals surface area contributed by atoms with Crippen molar-refractivity contribution in [1.29, 1.82) is 0 Å². The first kappa shape index (κ1) is 18.4. The third kappa shape index (κ3) is 4.79. The normalized spacial score (nSPS) is 12.0. The summed E-state index contributed by atoms with van der Waals surface area (Å²) in [6.45, 7) is -1.38. The number of carbonyl (C=O) groups excluding carboxylic acids is 2. The topological polar surface area (TPSA) is 138 Å². The van der Waals surface area contributed by atoms with Gasteiger partial charge in [0.2, 0.25) is 11.1 Å². The van der Waals surface area contributed by atoms with E-state index in [-0.39, 0.29) is 16.7 Å². The van der Waals surface area contributed by atoms with Crippen LogP contribution in [0.4, 0.5) is 13.6 Å². The van der Waals surface area contributed by atoms with Crippen molar-refractivity contribution in [3.63, 3.8) is 0 Å². The van der Waals surface area contributed by atoms with Crippen LogP contribution >= 0.6 is 11.8 Å². The van der Waals surface area contributed by atoms with Crippen molar-refractivity contribution in [2.24, 2.45) is 5.73 Å². The number of nitrogens with zero attached hydrogens (tertiary/aromatic N) is 3. The SMILES string of the molecule is C[C@@H](Sc1nnc(-c2ccc(OC(F)F)cc2)n1N)C(=O)NC(N)=O. The Morgan fingerprint density at radius 2 is 1.92 bits per heavy atom. The number of hydrogen-bond donors (Lipinski definition) is 3. The van der Waals surface area contributed by atoms with Crippen molar-refractivity contribution in [1.82, 2.24) is 20.2 Å². The first-order chi connectivity index (χ1) is 11.8. The third-order valence-electron chi connectivity index (χ3n) is 2.90. The molecule has 1 aromatic heterocycles. The number of carbonyl (C=O) groups is 2. The summed E-state index contributed by atoms with van der Waals surface area (Å²) in [6.07, 6.45) is 0. The number of aromatic nitrogens is 3. The molecule has 0 radical (unpaired) electrons. The molecule has 134 valence electrons. The van der Waals surface area contributed by atoms with Crippen molar-refractivity contribution in [3.05, 3.63) is 24.3 Å². The minimum atomic E-state index is -2.92. The maximum absolute atomic E-state index is 12.1. The highest BCUT2D eigenvalue weighted by molar-refractivity contribution is 8.00. The molecule has 1 heterocycles. The lowest BCUT2D eigenvalue weighted by Gasteiger charge is -2.09. The van der Waals surface area contributed by atoms with Gasteiger partial charge in [-0.2, -0.15) is 8.78 Å². The van der Waals surface area contributed by atoms with Crippen LogP contribution in [0.25, 0.3) is 11.4 Å². The summed E-state index contributed by atoms with van der Waals surface area (Å²) < 4.78 is 29.7. The number of rotatable bonds is 6. The number of halogens is 2. The van der Waals surface area contributed by atoms with Crippen LogP contribution in [0.5, 0.6) is 5.75 Å². The molecule has 9 nitrogen and oxygen atoms in total. The number of ether oxygens (including phenoxy) is 1. The van der Waals surface area contributed by atoms with Gasteiger partial charge in [-0.1, -0.05) is 11.8 Å². The number of urea groups is 1. The molecule has 0 saturated heterocycles. The largest absolute Gasteiger partial charge is 0.435 e. The zero-order chi connectivity index (χ0) is 18.6. The number of alkyl halides is 2. The van der Waals surface area contributed by atoms with Gasteiger partial charge in [0.25, 0.3) is 0 Å². The minimum Gasteiger partial charge on any atom is -0.435 e. The fourth-order valence-electron chi connectivity index (χ4n) is 1.77. The van der Waals surface area contributed by atoms with Crippen molar-refractivity contribution in [2.45, 2.75) is 23.9 Å². The quantitative estimate of drug-likeness (QED) is 0.506. The predicted molar refractivity (Wildman–Crippen MR) is 85.3 cm³/mol. The Morgan fingerprint density at radius 1 is 1.28 bits per heavy atom. The van der Waals surface area contributed by atoms with E-state index >= 15 is 0 Å². The number of amides is 3. The molecule has 0 aliphatic heterocycles. The monoisotopic (exact) mass is 372 g/mol. The molecule has 0 saturated carbocycles. The number of primary amides is 1. The smallest absolute Gasteiger partial charge is 0.387 e. The Hall–Kier alpha value is -2.89. The molecule has 2 aromatic rings. The molecule has 1 aromatic carbocycles. The van der Waals surface area contributed by atoms with Gasteiger partial charge >= 0.3 is 12.6 Å². The minimum absolute atomic E-state index is 0.00631. The van der Waals surface area contributed by atoms with Crippen LogP contribution < -0.4 is 21.6 Å². The Balaban J connectivity index is 2.12. The highest BCUT2D eigenvalue weighted by Gasteiger charge is 2.20. The molecule has 2 rings (SSSR count). The zero-order valence-electron chi connectivity index (χ0n) is 12.8. The summed E-state index contributed by atoms with van der Waals surface area (Å²) in [7, 11) is 0. The molecule has 0 aliphatic carbocycles. The van der Waals surface area contributed by atoms with E-state index in [1.54, 1.807) is 0 Å². The maximum Gasteiger partial charge on any atom is 0.387 e. The van der Waals surface area contributed by atoms with Crippen LogP contribution in [0, 0.1) is 0 Å². The fraction of sp³-hybridized carbons (Fsp3) is 0.231. The standard InChI is InChI=1S/C13H14F2N6O3S/c1-6(10(22)18-12(16)23)25-13-20-19-9(21(13)17)7-2-4-8(5-3-7)24-11(14)15/h2-6,11H,17H2,1H3,(H3,16,18,22,23)/t6-/m1/s1. The number of nitrogens with one attached hydrogen (secondary N) is 1. The summed E-state index contributed by atoms with van der Waals surface area (Å²) in [4.78, 5) is 22.3. The summed E-state index contributed by atoms with van der Waals surface area (Å²) in [5.74, 6) is 5.55. The van der Waals surface area contributed by atoms with Crippen LogP contribution in [0.15, 0.2) is 29.4 Å². The van der Waals surface area contributed by atoms with E-state index in [4.69, 9.17) is 11.6 Å². The van der Waals surface area contributed by atoms with Crippen LogP contribution in [0.2, 0.25) is 0 Å². The van der Waals surface area contributed by atoms with Gasteiger partial charge in [-0.05, 0) is 31.2 Å². The molecule has 0 spiro atoms. The molecule has 1 atom stereocenters. The van der Waals surface area contributed by atoms with Gasteiger partial charge in [0.15, 0.2) is 5.82 Å². The summed E-state index contributed by atoms with van der Waals surface area (Å²) >= 11 is 0.968.